The number of carbonyl (C=O) groups is 1. The Labute approximate surface area is 134 Å². The average molecular weight is 368 g/mol. The Morgan fingerprint density at radius 2 is 1.73 bits per heavy atom. The lowest BCUT2D eigenvalue weighted by Crippen LogP contribution is -2.07. The number of rotatable bonds is 5. The number of halogens is 3. The number of carbonyl (C=O) groups excluding carboxylic acids is 1. The van der Waals surface area contributed by atoms with Gasteiger partial charge in [0, 0.05) is 16.2 Å². The van der Waals surface area contributed by atoms with Gasteiger partial charge in [0.2, 0.25) is 5.91 Å². The monoisotopic (exact) mass is 367 g/mol. The minimum atomic E-state index is -2.85. The Morgan fingerprint density at radius 3 is 2.32 bits per heavy atom. The van der Waals surface area contributed by atoms with Crippen molar-refractivity contribution >= 4 is 33.6 Å². The predicted octanol–water partition coefficient (Wildman–Crippen LogP) is 4.70. The Kier molecular flexibility index (Phi) is 5.66. The molecule has 0 bridgehead atoms. The van der Waals surface area contributed by atoms with E-state index in [1.54, 1.807) is 30.3 Å². The normalized spacial score (nSPS) is 10.9. The van der Waals surface area contributed by atoms with Crippen molar-refractivity contribution in [3.05, 3.63) is 64.6 Å². The molecule has 22 heavy (non-hydrogen) atoms. The minimum Gasteiger partial charge on any atom is -0.435 e. The van der Waals surface area contributed by atoms with Crippen LogP contribution in [0.25, 0.3) is 6.08 Å². The summed E-state index contributed by atoms with van der Waals surface area (Å²) in [7, 11) is 0. The van der Waals surface area contributed by atoms with Gasteiger partial charge < -0.3 is 10.1 Å². The molecule has 0 unspecified atom stereocenters. The van der Waals surface area contributed by atoms with Crippen LogP contribution in [0.3, 0.4) is 0 Å². The highest BCUT2D eigenvalue weighted by molar-refractivity contribution is 9.10. The van der Waals surface area contributed by atoms with Crippen molar-refractivity contribution < 1.29 is 18.3 Å². The SMILES string of the molecule is O=C(/C=C/c1ccc(OC(F)F)cc1)Nc1ccc(Br)cc1. The van der Waals surface area contributed by atoms with Gasteiger partial charge in [0.05, 0.1) is 0 Å². The molecule has 0 heterocycles. The van der Waals surface area contributed by atoms with Crippen molar-refractivity contribution in [2.24, 2.45) is 0 Å². The molecule has 0 saturated heterocycles. The number of ether oxygens (including phenoxy) is 1. The molecule has 0 atom stereocenters. The second kappa shape index (κ2) is 7.70. The van der Waals surface area contributed by atoms with Gasteiger partial charge in [-0.05, 0) is 48.0 Å². The number of nitrogens with one attached hydrogen (secondary N) is 1. The van der Waals surface area contributed by atoms with Gasteiger partial charge in [0.15, 0.2) is 0 Å². The first-order valence-electron chi connectivity index (χ1n) is 6.32. The standard InChI is InChI=1S/C16H12BrF2NO2/c17-12-4-6-13(7-5-12)20-15(21)10-3-11-1-8-14(9-2-11)22-16(18)19/h1-10,16H,(H,20,21)/b10-3+. The largest absolute Gasteiger partial charge is 0.435 e. The maximum Gasteiger partial charge on any atom is 0.387 e. The van der Waals surface area contributed by atoms with Crippen LogP contribution in [0.1, 0.15) is 5.56 Å². The van der Waals surface area contributed by atoms with E-state index in [0.717, 1.165) is 4.47 Å². The minimum absolute atomic E-state index is 0.0754. The molecule has 2 rings (SSSR count). The number of hydrogen-bond acceptors (Lipinski definition) is 2. The Bertz CT molecular complexity index is 655. The zero-order chi connectivity index (χ0) is 15.9. The number of benzene rings is 2. The number of alkyl halides is 2. The van der Waals surface area contributed by atoms with Crippen LogP contribution in [-0.2, 0) is 4.79 Å². The van der Waals surface area contributed by atoms with Crippen LogP contribution in [0.2, 0.25) is 0 Å². The summed E-state index contributed by atoms with van der Waals surface area (Å²) < 4.78 is 29.2. The summed E-state index contributed by atoms with van der Waals surface area (Å²) in [5.74, 6) is -0.207. The van der Waals surface area contributed by atoms with Gasteiger partial charge in [-0.2, -0.15) is 8.78 Å². The Hall–Kier alpha value is -2.21. The molecule has 6 heteroatoms. The third-order valence-corrected chi connectivity index (χ3v) is 3.17. The molecule has 0 aliphatic rings. The van der Waals surface area contributed by atoms with Gasteiger partial charge in [0.1, 0.15) is 5.75 Å². The second-order valence-electron chi connectivity index (χ2n) is 4.28. The van der Waals surface area contributed by atoms with Gasteiger partial charge in [0.25, 0.3) is 0 Å². The van der Waals surface area contributed by atoms with Crippen LogP contribution < -0.4 is 10.1 Å². The second-order valence-corrected chi connectivity index (χ2v) is 5.19. The van der Waals surface area contributed by atoms with Crippen molar-refractivity contribution in [2.75, 3.05) is 5.32 Å². The van der Waals surface area contributed by atoms with E-state index >= 15 is 0 Å². The van der Waals surface area contributed by atoms with Crippen LogP contribution in [-0.4, -0.2) is 12.5 Å². The lowest BCUT2D eigenvalue weighted by Gasteiger charge is -2.04. The van der Waals surface area contributed by atoms with Crippen LogP contribution in [0.5, 0.6) is 5.75 Å². The van der Waals surface area contributed by atoms with E-state index in [1.807, 2.05) is 12.1 Å². The fraction of sp³-hybridized carbons (Fsp3) is 0.0625. The van der Waals surface area contributed by atoms with E-state index < -0.39 is 6.61 Å². The summed E-state index contributed by atoms with van der Waals surface area (Å²) in [4.78, 5) is 11.7. The van der Waals surface area contributed by atoms with Crippen molar-refractivity contribution in [1.82, 2.24) is 0 Å². The van der Waals surface area contributed by atoms with Gasteiger partial charge in [-0.25, -0.2) is 0 Å². The maximum absolute atomic E-state index is 12.0. The molecule has 0 aliphatic carbocycles. The molecule has 3 nitrogen and oxygen atoms in total. The fourth-order valence-electron chi connectivity index (χ4n) is 1.65. The molecule has 1 N–H and O–H groups in total. The van der Waals surface area contributed by atoms with Crippen molar-refractivity contribution in [3.8, 4) is 5.75 Å². The van der Waals surface area contributed by atoms with Crippen molar-refractivity contribution in [3.63, 3.8) is 0 Å². The number of hydrogen-bond donors (Lipinski definition) is 1. The van der Waals surface area contributed by atoms with E-state index in [-0.39, 0.29) is 11.7 Å². The van der Waals surface area contributed by atoms with E-state index in [0.29, 0.717) is 11.3 Å². The van der Waals surface area contributed by atoms with E-state index in [9.17, 15) is 13.6 Å². The summed E-state index contributed by atoms with van der Waals surface area (Å²) in [5.41, 5.74) is 1.38. The third kappa shape index (κ3) is 5.29. The summed E-state index contributed by atoms with van der Waals surface area (Å²) in [6.07, 6.45) is 2.95. The zero-order valence-corrected chi connectivity index (χ0v) is 12.9. The summed E-state index contributed by atoms with van der Waals surface area (Å²) in [5, 5.41) is 2.71. The molecule has 2 aromatic carbocycles. The molecular formula is C16H12BrF2NO2. The molecular weight excluding hydrogens is 356 g/mol. The fourth-order valence-corrected chi connectivity index (χ4v) is 1.91. The van der Waals surface area contributed by atoms with Gasteiger partial charge in [-0.15, -0.1) is 0 Å². The first-order chi connectivity index (χ1) is 10.5. The van der Waals surface area contributed by atoms with Crippen LogP contribution in [0.15, 0.2) is 59.1 Å². The maximum atomic E-state index is 12.0. The molecule has 1 amide bonds. The van der Waals surface area contributed by atoms with Crippen LogP contribution >= 0.6 is 15.9 Å². The average Bonchev–Trinajstić information content (AvgIpc) is 2.48. The van der Waals surface area contributed by atoms with Crippen molar-refractivity contribution in [2.45, 2.75) is 6.61 Å². The molecule has 0 radical (unpaired) electrons. The molecule has 0 fully saturated rings. The lowest BCUT2D eigenvalue weighted by atomic mass is 10.2. The number of amides is 1. The molecule has 0 spiro atoms. The summed E-state index contributed by atoms with van der Waals surface area (Å²) in [6, 6.07) is 13.2. The highest BCUT2D eigenvalue weighted by Gasteiger charge is 2.03. The van der Waals surface area contributed by atoms with Crippen LogP contribution in [0, 0.1) is 0 Å². The van der Waals surface area contributed by atoms with Gasteiger partial charge in [-0.1, -0.05) is 28.1 Å². The Balaban J connectivity index is 1.93. The molecule has 0 aliphatic heterocycles. The highest BCUT2D eigenvalue weighted by Crippen LogP contribution is 2.16. The van der Waals surface area contributed by atoms with E-state index in [4.69, 9.17) is 0 Å². The molecule has 0 aromatic heterocycles. The number of anilines is 1. The van der Waals surface area contributed by atoms with Gasteiger partial charge >= 0.3 is 6.61 Å². The zero-order valence-electron chi connectivity index (χ0n) is 11.3. The third-order valence-electron chi connectivity index (χ3n) is 2.64. The smallest absolute Gasteiger partial charge is 0.387 e. The van der Waals surface area contributed by atoms with E-state index in [2.05, 4.69) is 26.0 Å². The van der Waals surface area contributed by atoms with Crippen LogP contribution in [0.4, 0.5) is 14.5 Å². The Morgan fingerprint density at radius 1 is 1.09 bits per heavy atom. The summed E-state index contributed by atoms with van der Waals surface area (Å²) >= 11 is 3.31. The quantitative estimate of drug-likeness (QED) is 0.777. The van der Waals surface area contributed by atoms with Gasteiger partial charge in [-0.3, -0.25) is 4.79 Å². The van der Waals surface area contributed by atoms with Crippen molar-refractivity contribution in [1.29, 1.82) is 0 Å². The first kappa shape index (κ1) is 16.2. The predicted molar refractivity (Wildman–Crippen MR) is 84.9 cm³/mol. The summed E-state index contributed by atoms with van der Waals surface area (Å²) in [6.45, 7) is -2.85. The molecule has 0 saturated carbocycles. The first-order valence-corrected chi connectivity index (χ1v) is 7.12. The molecule has 2 aromatic rings. The highest BCUT2D eigenvalue weighted by atomic mass is 79.9. The molecule has 114 valence electrons. The topological polar surface area (TPSA) is 38.3 Å². The van der Waals surface area contributed by atoms with E-state index in [1.165, 1.54) is 18.2 Å². The lowest BCUT2D eigenvalue weighted by molar-refractivity contribution is -0.111.